The fraction of sp³-hybridized carbons (Fsp3) is 0.0976. The SMILES string of the molecule is C1=CCC(/C(=C\C2Cc3cccc(-n4c5ccccc5c5ccc6sc7ccccc7c6c54)c3S2)c2nc3ccccc3o2)C=C1. The van der Waals surface area contributed by atoms with Gasteiger partial charge in [0.2, 0.25) is 5.89 Å². The van der Waals surface area contributed by atoms with Gasteiger partial charge < -0.3 is 8.98 Å². The molecule has 3 aromatic heterocycles. The minimum atomic E-state index is 0.235. The van der Waals surface area contributed by atoms with E-state index in [1.165, 1.54) is 63.7 Å². The minimum absolute atomic E-state index is 0.235. The standard InChI is InChI=1S/C41H28N2OS2/c1-2-11-25(12-3-1)31(41-42-32-16-6-8-19-35(32)44-41)24-27-23-26-13-10-18-34(40(26)45-27)43-33-17-7-4-14-28(33)29-21-22-37-38(39(29)43)30-15-5-9-20-36(30)46-37/h1-11,13-22,24-25,27H,12,23H2/b31-24+. The number of thiophene rings is 1. The number of nitrogens with zero attached hydrogens (tertiary/aromatic N) is 2. The molecule has 0 spiro atoms. The Bertz CT molecular complexity index is 2560. The van der Waals surface area contributed by atoms with Crippen LogP contribution in [0.15, 0.2) is 143 Å². The third-order valence-electron chi connectivity index (χ3n) is 9.47. The maximum absolute atomic E-state index is 6.37. The molecule has 2 atom stereocenters. The third-order valence-corrected chi connectivity index (χ3v) is 11.9. The maximum atomic E-state index is 6.37. The van der Waals surface area contributed by atoms with Gasteiger partial charge in [0.25, 0.3) is 0 Å². The van der Waals surface area contributed by atoms with Crippen molar-refractivity contribution in [3.8, 4) is 5.69 Å². The molecule has 3 nitrogen and oxygen atoms in total. The number of thioether (sulfide) groups is 1. The highest BCUT2D eigenvalue weighted by atomic mass is 32.2. The van der Waals surface area contributed by atoms with Crippen LogP contribution in [-0.4, -0.2) is 14.8 Å². The summed E-state index contributed by atoms with van der Waals surface area (Å²) in [6, 6.07) is 37.3. The fourth-order valence-corrected chi connectivity index (χ4v) is 9.89. The van der Waals surface area contributed by atoms with Gasteiger partial charge in [-0.3, -0.25) is 0 Å². The lowest BCUT2D eigenvalue weighted by molar-refractivity contribution is 0.573. The number of oxazole rings is 1. The number of allylic oxidation sites excluding steroid dienone is 5. The summed E-state index contributed by atoms with van der Waals surface area (Å²) in [4.78, 5) is 6.31. The zero-order valence-electron chi connectivity index (χ0n) is 24.9. The quantitative estimate of drug-likeness (QED) is 0.194. The summed E-state index contributed by atoms with van der Waals surface area (Å²) in [6.45, 7) is 0. The third kappa shape index (κ3) is 4.02. The molecule has 2 aliphatic rings. The smallest absolute Gasteiger partial charge is 0.223 e. The van der Waals surface area contributed by atoms with Gasteiger partial charge in [-0.2, -0.15) is 0 Å². The van der Waals surface area contributed by atoms with Crippen molar-refractivity contribution in [3.63, 3.8) is 0 Å². The molecule has 0 bridgehead atoms. The van der Waals surface area contributed by atoms with Gasteiger partial charge in [-0.15, -0.1) is 23.1 Å². The largest absolute Gasteiger partial charge is 0.436 e. The van der Waals surface area contributed by atoms with Gasteiger partial charge in [0, 0.05) is 52.6 Å². The Hall–Kier alpha value is -4.84. The Morgan fingerprint density at radius 2 is 1.67 bits per heavy atom. The van der Waals surface area contributed by atoms with Crippen LogP contribution in [0.5, 0.6) is 0 Å². The van der Waals surface area contributed by atoms with E-state index in [0.29, 0.717) is 0 Å². The molecule has 5 aromatic carbocycles. The summed E-state index contributed by atoms with van der Waals surface area (Å²) in [5, 5.41) is 5.55. The first kappa shape index (κ1) is 26.4. The molecule has 46 heavy (non-hydrogen) atoms. The van der Waals surface area contributed by atoms with Crippen LogP contribution in [0.4, 0.5) is 0 Å². The highest BCUT2D eigenvalue weighted by Gasteiger charge is 2.29. The predicted octanol–water partition coefficient (Wildman–Crippen LogP) is 11.5. The first-order chi connectivity index (χ1) is 22.8. The van der Waals surface area contributed by atoms with Crippen molar-refractivity contribution in [1.29, 1.82) is 0 Å². The molecule has 0 amide bonds. The summed E-state index contributed by atoms with van der Waals surface area (Å²) in [5.41, 5.74) is 8.12. The molecule has 0 N–H and O–H groups in total. The molecular weight excluding hydrogens is 601 g/mol. The van der Waals surface area contributed by atoms with Crippen LogP contribution in [0.1, 0.15) is 17.9 Å². The van der Waals surface area contributed by atoms with Gasteiger partial charge in [0.1, 0.15) is 5.52 Å². The van der Waals surface area contributed by atoms with Gasteiger partial charge in [-0.25, -0.2) is 4.98 Å². The Kier molecular flexibility index (Phi) is 5.93. The van der Waals surface area contributed by atoms with Crippen molar-refractivity contribution < 1.29 is 4.42 Å². The summed E-state index contributed by atoms with van der Waals surface area (Å²) < 4.78 is 11.6. The second-order valence-electron chi connectivity index (χ2n) is 12.2. The highest BCUT2D eigenvalue weighted by Crippen LogP contribution is 2.48. The Morgan fingerprint density at radius 3 is 2.59 bits per heavy atom. The van der Waals surface area contributed by atoms with Crippen LogP contribution in [0.2, 0.25) is 0 Å². The van der Waals surface area contributed by atoms with Crippen LogP contribution < -0.4 is 0 Å². The molecule has 2 unspecified atom stereocenters. The van der Waals surface area contributed by atoms with E-state index in [4.69, 9.17) is 9.40 Å². The first-order valence-electron chi connectivity index (χ1n) is 15.8. The summed E-state index contributed by atoms with van der Waals surface area (Å²) in [5.74, 6) is 0.969. The normalized spacial score (nSPS) is 18.1. The monoisotopic (exact) mass is 628 g/mol. The molecule has 0 saturated carbocycles. The lowest BCUT2D eigenvalue weighted by atomic mass is 9.91. The molecule has 0 radical (unpaired) electrons. The van der Waals surface area contributed by atoms with Crippen LogP contribution in [0.3, 0.4) is 0 Å². The summed E-state index contributed by atoms with van der Waals surface area (Å²) >= 11 is 3.86. The van der Waals surface area contributed by atoms with Crippen molar-refractivity contribution in [2.75, 3.05) is 0 Å². The molecule has 1 aliphatic heterocycles. The van der Waals surface area contributed by atoms with E-state index >= 15 is 0 Å². The molecule has 0 fully saturated rings. The predicted molar refractivity (Wildman–Crippen MR) is 195 cm³/mol. The number of aromatic nitrogens is 2. The molecular formula is C41H28N2OS2. The van der Waals surface area contributed by atoms with Crippen molar-refractivity contribution in [2.45, 2.75) is 23.0 Å². The van der Waals surface area contributed by atoms with Crippen LogP contribution in [-0.2, 0) is 6.42 Å². The molecule has 220 valence electrons. The number of benzene rings is 5. The molecule has 10 rings (SSSR count). The van der Waals surface area contributed by atoms with Gasteiger partial charge in [-0.05, 0) is 54.8 Å². The zero-order chi connectivity index (χ0) is 30.2. The molecule has 4 heterocycles. The Morgan fingerprint density at radius 1 is 0.804 bits per heavy atom. The van der Waals surface area contributed by atoms with Gasteiger partial charge in [0.05, 0.1) is 16.7 Å². The van der Waals surface area contributed by atoms with Crippen molar-refractivity contribution >= 4 is 81.7 Å². The number of rotatable bonds is 4. The van der Waals surface area contributed by atoms with E-state index in [0.717, 1.165) is 29.8 Å². The lowest BCUT2D eigenvalue weighted by Gasteiger charge is -2.17. The van der Waals surface area contributed by atoms with E-state index in [9.17, 15) is 0 Å². The number of para-hydroxylation sites is 3. The highest BCUT2D eigenvalue weighted by molar-refractivity contribution is 8.00. The fourth-order valence-electron chi connectivity index (χ4n) is 7.42. The van der Waals surface area contributed by atoms with E-state index in [1.54, 1.807) is 0 Å². The van der Waals surface area contributed by atoms with E-state index in [-0.39, 0.29) is 11.2 Å². The average molecular weight is 629 g/mol. The zero-order valence-corrected chi connectivity index (χ0v) is 26.5. The van der Waals surface area contributed by atoms with Gasteiger partial charge >= 0.3 is 0 Å². The van der Waals surface area contributed by atoms with Crippen molar-refractivity contribution in [1.82, 2.24) is 9.55 Å². The molecule has 1 aliphatic carbocycles. The van der Waals surface area contributed by atoms with Crippen molar-refractivity contribution in [2.24, 2.45) is 5.92 Å². The second kappa shape index (κ2) is 10.3. The van der Waals surface area contributed by atoms with Crippen LogP contribution in [0.25, 0.3) is 64.3 Å². The van der Waals surface area contributed by atoms with Gasteiger partial charge in [0.15, 0.2) is 5.58 Å². The average Bonchev–Trinajstić information content (AvgIpc) is 3.88. The van der Waals surface area contributed by atoms with Crippen LogP contribution >= 0.6 is 23.1 Å². The topological polar surface area (TPSA) is 31.0 Å². The van der Waals surface area contributed by atoms with E-state index < -0.39 is 0 Å². The van der Waals surface area contributed by atoms with Crippen LogP contribution in [0, 0.1) is 5.92 Å². The summed E-state index contributed by atoms with van der Waals surface area (Å²) in [7, 11) is 0. The first-order valence-corrected chi connectivity index (χ1v) is 17.5. The Balaban J connectivity index is 1.15. The number of hydrogen-bond donors (Lipinski definition) is 0. The summed E-state index contributed by atoms with van der Waals surface area (Å²) in [6.07, 6.45) is 13.2. The van der Waals surface area contributed by atoms with E-state index in [2.05, 4.69) is 114 Å². The minimum Gasteiger partial charge on any atom is -0.436 e. The molecule has 0 saturated heterocycles. The lowest BCUT2D eigenvalue weighted by Crippen LogP contribution is -2.06. The van der Waals surface area contributed by atoms with Crippen molar-refractivity contribution in [3.05, 3.63) is 145 Å². The molecule has 8 aromatic rings. The van der Waals surface area contributed by atoms with Gasteiger partial charge in [-0.1, -0.05) is 97.1 Å². The Labute approximate surface area is 274 Å². The number of fused-ring (bicyclic) bond motifs is 9. The number of hydrogen-bond acceptors (Lipinski definition) is 4. The second-order valence-corrected chi connectivity index (χ2v) is 14.5. The molecule has 5 heteroatoms. The maximum Gasteiger partial charge on any atom is 0.223 e. The van der Waals surface area contributed by atoms with E-state index in [1.807, 2.05) is 47.4 Å².